The van der Waals surface area contributed by atoms with E-state index in [4.69, 9.17) is 9.47 Å². The minimum Gasteiger partial charge on any atom is -0.497 e. The van der Waals surface area contributed by atoms with E-state index in [1.807, 2.05) is 61.5 Å². The van der Waals surface area contributed by atoms with Crippen LogP contribution < -0.4 is 4.74 Å². The van der Waals surface area contributed by atoms with E-state index in [1.165, 1.54) is 11.8 Å². The van der Waals surface area contributed by atoms with Crippen LogP contribution in [0.15, 0.2) is 70.9 Å². The number of aliphatic imine (C=N–C) groups is 1. The predicted octanol–water partition coefficient (Wildman–Crippen LogP) is 4.48. The molecule has 0 spiro atoms. The van der Waals surface area contributed by atoms with Gasteiger partial charge in [-0.15, -0.1) is 0 Å². The Labute approximate surface area is 185 Å². The van der Waals surface area contributed by atoms with E-state index in [2.05, 4.69) is 4.99 Å². The van der Waals surface area contributed by atoms with E-state index < -0.39 is 12.0 Å². The fourth-order valence-corrected chi connectivity index (χ4v) is 4.91. The van der Waals surface area contributed by atoms with Gasteiger partial charge in [0.15, 0.2) is 5.17 Å². The van der Waals surface area contributed by atoms with Crippen molar-refractivity contribution in [2.75, 3.05) is 7.11 Å². The molecule has 31 heavy (non-hydrogen) atoms. The second-order valence-electron chi connectivity index (χ2n) is 7.36. The molecule has 1 amide bonds. The standard InChI is InChI=1S/C24H24N2O4S/c1-4-19-22(27)26-21(17-11-8-12-18(13-17)29-3)20(15(2)25-24(26)31-19)23(28)30-14-16-9-6-5-7-10-16/h5-13,19,21H,4,14H2,1-3H3/t19-,21-/m1/s1. The number of rotatable bonds is 6. The maximum absolute atomic E-state index is 13.2. The highest BCUT2D eigenvalue weighted by Crippen LogP contribution is 2.44. The smallest absolute Gasteiger partial charge is 0.338 e. The molecular formula is C24H24N2O4S. The van der Waals surface area contributed by atoms with E-state index in [0.717, 1.165) is 11.1 Å². The molecule has 4 rings (SSSR count). The maximum Gasteiger partial charge on any atom is 0.338 e. The summed E-state index contributed by atoms with van der Waals surface area (Å²) in [7, 11) is 1.59. The quantitative estimate of drug-likeness (QED) is 0.625. The summed E-state index contributed by atoms with van der Waals surface area (Å²) in [5.74, 6) is 0.136. The average Bonchev–Trinajstić information content (AvgIpc) is 3.12. The van der Waals surface area contributed by atoms with Crippen LogP contribution in [0.4, 0.5) is 0 Å². The summed E-state index contributed by atoms with van der Waals surface area (Å²) in [4.78, 5) is 32.7. The largest absolute Gasteiger partial charge is 0.497 e. The highest BCUT2D eigenvalue weighted by atomic mass is 32.2. The van der Waals surface area contributed by atoms with Crippen LogP contribution in [0.1, 0.15) is 37.4 Å². The van der Waals surface area contributed by atoms with Crippen molar-refractivity contribution in [2.45, 2.75) is 38.2 Å². The number of carbonyl (C=O) groups is 2. The number of nitrogens with zero attached hydrogens (tertiary/aromatic N) is 2. The molecule has 0 unspecified atom stereocenters. The molecule has 0 radical (unpaired) electrons. The van der Waals surface area contributed by atoms with Crippen molar-refractivity contribution in [3.8, 4) is 5.75 Å². The number of benzene rings is 2. The maximum atomic E-state index is 13.2. The van der Waals surface area contributed by atoms with Gasteiger partial charge in [-0.2, -0.15) is 0 Å². The molecule has 0 N–H and O–H groups in total. The zero-order valence-electron chi connectivity index (χ0n) is 17.7. The lowest BCUT2D eigenvalue weighted by atomic mass is 9.94. The first-order valence-corrected chi connectivity index (χ1v) is 11.1. The summed E-state index contributed by atoms with van der Waals surface area (Å²) in [5, 5.41) is 0.418. The summed E-state index contributed by atoms with van der Waals surface area (Å²) in [6, 6.07) is 16.3. The highest BCUT2D eigenvalue weighted by Gasteiger charge is 2.47. The molecule has 160 valence electrons. The number of ether oxygens (including phenoxy) is 2. The van der Waals surface area contributed by atoms with Gasteiger partial charge in [-0.3, -0.25) is 9.69 Å². The summed E-state index contributed by atoms with van der Waals surface area (Å²) >= 11 is 1.45. The Morgan fingerprint density at radius 3 is 2.65 bits per heavy atom. The third-order valence-electron chi connectivity index (χ3n) is 5.36. The number of carbonyl (C=O) groups excluding carboxylic acids is 2. The summed E-state index contributed by atoms with van der Waals surface area (Å²) < 4.78 is 11.0. The first kappa shape index (κ1) is 21.2. The lowest BCUT2D eigenvalue weighted by molar-refractivity contribution is -0.141. The van der Waals surface area contributed by atoms with Gasteiger partial charge in [-0.1, -0.05) is 61.2 Å². The third kappa shape index (κ3) is 4.10. The molecule has 2 aromatic rings. The minimum atomic E-state index is -0.609. The van der Waals surface area contributed by atoms with Crippen molar-refractivity contribution in [1.82, 2.24) is 4.90 Å². The van der Waals surface area contributed by atoms with Gasteiger partial charge in [-0.25, -0.2) is 9.79 Å². The van der Waals surface area contributed by atoms with Crippen LogP contribution in [0.3, 0.4) is 0 Å². The molecule has 0 aromatic heterocycles. The van der Waals surface area contributed by atoms with E-state index in [0.29, 0.717) is 28.6 Å². The Hall–Kier alpha value is -3.06. The molecule has 2 aromatic carbocycles. The number of esters is 1. The number of fused-ring (bicyclic) bond motifs is 1. The average molecular weight is 437 g/mol. The molecule has 6 nitrogen and oxygen atoms in total. The van der Waals surface area contributed by atoms with Gasteiger partial charge >= 0.3 is 5.97 Å². The first-order chi connectivity index (χ1) is 15.0. The van der Waals surface area contributed by atoms with E-state index in [-0.39, 0.29) is 17.8 Å². The van der Waals surface area contributed by atoms with Crippen molar-refractivity contribution in [3.63, 3.8) is 0 Å². The van der Waals surface area contributed by atoms with Crippen molar-refractivity contribution < 1.29 is 19.1 Å². The molecule has 1 fully saturated rings. The fraction of sp³-hybridized carbons (Fsp3) is 0.292. The summed E-state index contributed by atoms with van der Waals surface area (Å²) in [5.41, 5.74) is 2.61. The van der Waals surface area contributed by atoms with E-state index in [1.54, 1.807) is 18.9 Å². The molecule has 7 heteroatoms. The molecule has 0 aliphatic carbocycles. The summed E-state index contributed by atoms with van der Waals surface area (Å²) in [6.45, 7) is 3.92. The Morgan fingerprint density at radius 1 is 1.16 bits per heavy atom. The Balaban J connectivity index is 1.73. The van der Waals surface area contributed by atoms with Crippen LogP contribution >= 0.6 is 11.8 Å². The van der Waals surface area contributed by atoms with Gasteiger partial charge < -0.3 is 9.47 Å². The number of hydrogen-bond acceptors (Lipinski definition) is 6. The van der Waals surface area contributed by atoms with Crippen LogP contribution in [-0.4, -0.2) is 34.3 Å². The molecule has 1 saturated heterocycles. The number of allylic oxidation sites excluding steroid dienone is 1. The lowest BCUT2D eigenvalue weighted by Gasteiger charge is -2.33. The van der Waals surface area contributed by atoms with Crippen molar-refractivity contribution in [3.05, 3.63) is 77.0 Å². The molecule has 2 aliphatic heterocycles. The van der Waals surface area contributed by atoms with E-state index in [9.17, 15) is 9.59 Å². The molecule has 2 atom stereocenters. The van der Waals surface area contributed by atoms with Crippen LogP contribution in [0.5, 0.6) is 5.75 Å². The Kier molecular flexibility index (Phi) is 6.13. The zero-order chi connectivity index (χ0) is 22.0. The zero-order valence-corrected chi connectivity index (χ0v) is 18.5. The van der Waals surface area contributed by atoms with Crippen LogP contribution in [0.2, 0.25) is 0 Å². The number of hydrogen-bond donors (Lipinski definition) is 0. The van der Waals surface area contributed by atoms with Gasteiger partial charge in [0.25, 0.3) is 0 Å². The second kappa shape index (κ2) is 8.98. The van der Waals surface area contributed by atoms with E-state index >= 15 is 0 Å². The van der Waals surface area contributed by atoms with Crippen molar-refractivity contribution in [2.24, 2.45) is 4.99 Å². The molecular weight excluding hydrogens is 412 g/mol. The summed E-state index contributed by atoms with van der Waals surface area (Å²) in [6.07, 6.45) is 0.691. The minimum absolute atomic E-state index is 0.0417. The Bertz CT molecular complexity index is 1060. The van der Waals surface area contributed by atoms with Gasteiger partial charge in [0, 0.05) is 0 Å². The Morgan fingerprint density at radius 2 is 1.94 bits per heavy atom. The topological polar surface area (TPSA) is 68.2 Å². The van der Waals surface area contributed by atoms with Crippen LogP contribution in [0.25, 0.3) is 0 Å². The SMILES string of the molecule is CC[C@H]1SC2=NC(C)=C(C(=O)OCc3ccccc3)[C@@H](c3cccc(OC)c3)N2C1=O. The van der Waals surface area contributed by atoms with Crippen LogP contribution in [0, 0.1) is 0 Å². The molecule has 2 heterocycles. The van der Waals surface area contributed by atoms with Gasteiger partial charge in [-0.05, 0) is 36.6 Å². The normalized spacial score (nSPS) is 20.4. The number of amidine groups is 1. The van der Waals surface area contributed by atoms with Gasteiger partial charge in [0.05, 0.1) is 29.7 Å². The molecule has 0 saturated carbocycles. The molecule has 0 bridgehead atoms. The number of methoxy groups -OCH3 is 1. The molecule has 2 aliphatic rings. The second-order valence-corrected chi connectivity index (χ2v) is 8.53. The van der Waals surface area contributed by atoms with Crippen LogP contribution in [-0.2, 0) is 20.9 Å². The fourth-order valence-electron chi connectivity index (χ4n) is 3.78. The third-order valence-corrected chi connectivity index (χ3v) is 6.68. The van der Waals surface area contributed by atoms with Gasteiger partial charge in [0.2, 0.25) is 5.91 Å². The number of thioether (sulfide) groups is 1. The van der Waals surface area contributed by atoms with Crippen molar-refractivity contribution in [1.29, 1.82) is 0 Å². The first-order valence-electron chi connectivity index (χ1n) is 10.2. The van der Waals surface area contributed by atoms with Crippen molar-refractivity contribution >= 4 is 28.8 Å². The number of amides is 1. The highest BCUT2D eigenvalue weighted by molar-refractivity contribution is 8.15. The lowest BCUT2D eigenvalue weighted by Crippen LogP contribution is -2.40. The predicted molar refractivity (Wildman–Crippen MR) is 121 cm³/mol. The van der Waals surface area contributed by atoms with Gasteiger partial charge in [0.1, 0.15) is 12.4 Å². The monoisotopic (exact) mass is 436 g/mol.